The van der Waals surface area contributed by atoms with Gasteiger partial charge in [-0.3, -0.25) is 0 Å². The molecule has 0 aromatic heterocycles. The van der Waals surface area contributed by atoms with Crippen LogP contribution in [0.2, 0.25) is 0 Å². The topological polar surface area (TPSA) is 59.1 Å². The van der Waals surface area contributed by atoms with Crippen LogP contribution in [0, 0.1) is 6.92 Å². The molecule has 2 aromatic rings. The lowest BCUT2D eigenvalue weighted by molar-refractivity contribution is 0.354. The highest BCUT2D eigenvalue weighted by Crippen LogP contribution is 2.32. The number of rotatable bonds is 5. The first kappa shape index (κ1) is 18.5. The third kappa shape index (κ3) is 3.64. The molecule has 1 aliphatic rings. The molecule has 0 aliphatic carbocycles. The standard InChI is InChI=1S/C19H24N2O4S/c1-15-5-4-6-17(13-15)26(22,23)21-11-9-20(10-12-21)16-7-8-18(24-2)19(14-16)25-3/h4-8,13-14H,9-12H2,1-3H3. The number of hydrogen-bond acceptors (Lipinski definition) is 5. The van der Waals surface area contributed by atoms with Crippen LogP contribution in [0.1, 0.15) is 5.56 Å². The van der Waals surface area contributed by atoms with E-state index < -0.39 is 10.0 Å². The van der Waals surface area contributed by atoms with Gasteiger partial charge >= 0.3 is 0 Å². The Labute approximate surface area is 155 Å². The van der Waals surface area contributed by atoms with Gasteiger partial charge in [0, 0.05) is 37.9 Å². The minimum absolute atomic E-state index is 0.358. The van der Waals surface area contributed by atoms with E-state index in [9.17, 15) is 8.42 Å². The van der Waals surface area contributed by atoms with Crippen LogP contribution in [0.3, 0.4) is 0 Å². The maximum atomic E-state index is 12.8. The molecule has 140 valence electrons. The Hall–Kier alpha value is -2.25. The molecular weight excluding hydrogens is 352 g/mol. The van der Waals surface area contributed by atoms with E-state index in [-0.39, 0.29) is 0 Å². The smallest absolute Gasteiger partial charge is 0.243 e. The summed E-state index contributed by atoms with van der Waals surface area (Å²) in [7, 11) is -0.243. The van der Waals surface area contributed by atoms with Crippen molar-refractivity contribution in [1.29, 1.82) is 0 Å². The minimum atomic E-state index is -3.45. The van der Waals surface area contributed by atoms with Crippen LogP contribution in [0.25, 0.3) is 0 Å². The van der Waals surface area contributed by atoms with E-state index in [2.05, 4.69) is 4.90 Å². The second kappa shape index (κ2) is 7.55. The predicted octanol–water partition coefficient (Wildman–Crippen LogP) is 2.52. The molecule has 0 spiro atoms. The molecule has 1 heterocycles. The van der Waals surface area contributed by atoms with E-state index in [1.165, 1.54) is 0 Å². The zero-order chi connectivity index (χ0) is 18.7. The average molecular weight is 376 g/mol. The molecule has 26 heavy (non-hydrogen) atoms. The lowest BCUT2D eigenvalue weighted by atomic mass is 10.2. The van der Waals surface area contributed by atoms with E-state index in [1.54, 1.807) is 36.7 Å². The van der Waals surface area contributed by atoms with Crippen LogP contribution in [0.4, 0.5) is 5.69 Å². The molecule has 2 aromatic carbocycles. The average Bonchev–Trinajstić information content (AvgIpc) is 2.67. The van der Waals surface area contributed by atoms with Crippen molar-refractivity contribution in [3.63, 3.8) is 0 Å². The van der Waals surface area contributed by atoms with Gasteiger partial charge < -0.3 is 14.4 Å². The van der Waals surface area contributed by atoms with Gasteiger partial charge in [0.2, 0.25) is 10.0 Å². The lowest BCUT2D eigenvalue weighted by Gasteiger charge is -2.35. The van der Waals surface area contributed by atoms with Crippen molar-refractivity contribution in [2.24, 2.45) is 0 Å². The van der Waals surface area contributed by atoms with Gasteiger partial charge in [0.15, 0.2) is 11.5 Å². The summed E-state index contributed by atoms with van der Waals surface area (Å²) in [6.45, 7) is 4.05. The minimum Gasteiger partial charge on any atom is -0.493 e. The quantitative estimate of drug-likeness (QED) is 0.803. The van der Waals surface area contributed by atoms with Gasteiger partial charge in [0.05, 0.1) is 19.1 Å². The van der Waals surface area contributed by atoms with Gasteiger partial charge in [-0.1, -0.05) is 12.1 Å². The Bertz CT molecular complexity index is 875. The maximum absolute atomic E-state index is 12.8. The number of anilines is 1. The SMILES string of the molecule is COc1ccc(N2CCN(S(=O)(=O)c3cccc(C)c3)CC2)cc1OC. The van der Waals surface area contributed by atoms with Crippen molar-refractivity contribution in [1.82, 2.24) is 4.31 Å². The van der Waals surface area contributed by atoms with Gasteiger partial charge in [0.25, 0.3) is 0 Å². The monoisotopic (exact) mass is 376 g/mol. The summed E-state index contributed by atoms with van der Waals surface area (Å²) < 4.78 is 37.9. The van der Waals surface area contributed by atoms with Gasteiger partial charge in [0.1, 0.15) is 0 Å². The number of piperazine rings is 1. The Kier molecular flexibility index (Phi) is 5.38. The summed E-state index contributed by atoms with van der Waals surface area (Å²) in [6.07, 6.45) is 0. The maximum Gasteiger partial charge on any atom is 0.243 e. The Balaban J connectivity index is 1.73. The molecule has 1 fully saturated rings. The molecule has 0 unspecified atom stereocenters. The number of benzene rings is 2. The van der Waals surface area contributed by atoms with Crippen molar-refractivity contribution in [3.8, 4) is 11.5 Å². The molecule has 0 amide bonds. The first-order chi connectivity index (χ1) is 12.5. The second-order valence-corrected chi connectivity index (χ2v) is 8.18. The van der Waals surface area contributed by atoms with E-state index in [1.807, 2.05) is 31.2 Å². The molecular formula is C19H24N2O4S. The van der Waals surface area contributed by atoms with Gasteiger partial charge in [-0.25, -0.2) is 8.42 Å². The zero-order valence-corrected chi connectivity index (χ0v) is 16.1. The molecule has 7 heteroatoms. The van der Waals surface area contributed by atoms with Crippen LogP contribution >= 0.6 is 0 Å². The molecule has 3 rings (SSSR count). The fraction of sp³-hybridized carbons (Fsp3) is 0.368. The number of sulfonamides is 1. The largest absolute Gasteiger partial charge is 0.493 e. The highest BCUT2D eigenvalue weighted by molar-refractivity contribution is 7.89. The Morgan fingerprint density at radius 2 is 1.58 bits per heavy atom. The molecule has 0 saturated carbocycles. The summed E-state index contributed by atoms with van der Waals surface area (Å²) >= 11 is 0. The number of hydrogen-bond donors (Lipinski definition) is 0. The Morgan fingerprint density at radius 1 is 0.885 bits per heavy atom. The number of ether oxygens (including phenoxy) is 2. The van der Waals surface area contributed by atoms with E-state index in [4.69, 9.17) is 9.47 Å². The van der Waals surface area contributed by atoms with Crippen LogP contribution < -0.4 is 14.4 Å². The van der Waals surface area contributed by atoms with E-state index >= 15 is 0 Å². The third-order valence-electron chi connectivity index (χ3n) is 4.60. The van der Waals surface area contributed by atoms with Gasteiger partial charge in [-0.2, -0.15) is 4.31 Å². The Morgan fingerprint density at radius 3 is 2.19 bits per heavy atom. The summed E-state index contributed by atoms with van der Waals surface area (Å²) in [6, 6.07) is 12.8. The molecule has 0 N–H and O–H groups in total. The normalized spacial score (nSPS) is 15.7. The van der Waals surface area contributed by atoms with Crippen molar-refractivity contribution in [2.75, 3.05) is 45.3 Å². The van der Waals surface area contributed by atoms with Crippen LogP contribution in [-0.4, -0.2) is 53.1 Å². The predicted molar refractivity (Wildman–Crippen MR) is 102 cm³/mol. The van der Waals surface area contributed by atoms with Crippen molar-refractivity contribution < 1.29 is 17.9 Å². The zero-order valence-electron chi connectivity index (χ0n) is 15.3. The fourth-order valence-electron chi connectivity index (χ4n) is 3.13. The first-order valence-corrected chi connectivity index (χ1v) is 9.93. The molecule has 0 bridgehead atoms. The molecule has 1 aliphatic heterocycles. The van der Waals surface area contributed by atoms with Crippen molar-refractivity contribution in [2.45, 2.75) is 11.8 Å². The van der Waals surface area contributed by atoms with Crippen LogP contribution in [-0.2, 0) is 10.0 Å². The molecule has 0 radical (unpaired) electrons. The van der Waals surface area contributed by atoms with E-state index in [0.29, 0.717) is 42.6 Å². The van der Waals surface area contributed by atoms with Crippen molar-refractivity contribution >= 4 is 15.7 Å². The highest BCUT2D eigenvalue weighted by atomic mass is 32.2. The summed E-state index contributed by atoms with van der Waals surface area (Å²) in [5.74, 6) is 1.34. The van der Waals surface area contributed by atoms with Gasteiger partial charge in [-0.05, 0) is 36.8 Å². The third-order valence-corrected chi connectivity index (χ3v) is 6.49. The van der Waals surface area contributed by atoms with Crippen LogP contribution in [0.15, 0.2) is 47.4 Å². The van der Waals surface area contributed by atoms with E-state index in [0.717, 1.165) is 11.3 Å². The summed E-state index contributed by atoms with van der Waals surface area (Å²) in [4.78, 5) is 2.52. The molecule has 0 atom stereocenters. The summed E-state index contributed by atoms with van der Waals surface area (Å²) in [5, 5.41) is 0. The number of aryl methyl sites for hydroxylation is 1. The van der Waals surface area contributed by atoms with Crippen molar-refractivity contribution in [3.05, 3.63) is 48.0 Å². The second-order valence-electron chi connectivity index (χ2n) is 6.25. The first-order valence-electron chi connectivity index (χ1n) is 8.49. The lowest BCUT2D eigenvalue weighted by Crippen LogP contribution is -2.48. The highest BCUT2D eigenvalue weighted by Gasteiger charge is 2.28. The van der Waals surface area contributed by atoms with Gasteiger partial charge in [-0.15, -0.1) is 0 Å². The van der Waals surface area contributed by atoms with Crippen LogP contribution in [0.5, 0.6) is 11.5 Å². The number of nitrogens with zero attached hydrogens (tertiary/aromatic N) is 2. The summed E-state index contributed by atoms with van der Waals surface area (Å²) in [5.41, 5.74) is 1.94. The molecule has 1 saturated heterocycles. The number of methoxy groups -OCH3 is 2. The fourth-order valence-corrected chi connectivity index (χ4v) is 4.66. The molecule has 6 nitrogen and oxygen atoms in total.